The number of carbonyl (C=O) groups excluding carboxylic acids is 2. The number of benzene rings is 1. The molecule has 15 heavy (non-hydrogen) atoms. The number of hydrogen-bond acceptors (Lipinski definition) is 3. The van der Waals surface area contributed by atoms with E-state index in [0.29, 0.717) is 18.2 Å². The average Bonchev–Trinajstić information content (AvgIpc) is 2.49. The molecule has 0 aromatic heterocycles. The topological polar surface area (TPSA) is 46.2 Å². The molecule has 1 fully saturated rings. The van der Waals surface area contributed by atoms with Crippen LogP contribution in [0.3, 0.4) is 0 Å². The number of nitrogens with one attached hydrogen (secondary N) is 1. The van der Waals surface area contributed by atoms with Gasteiger partial charge >= 0.3 is 0 Å². The van der Waals surface area contributed by atoms with Gasteiger partial charge < -0.3 is 5.32 Å². The Morgan fingerprint density at radius 1 is 1.27 bits per heavy atom. The van der Waals surface area contributed by atoms with Crippen LogP contribution in [0.4, 0.5) is 9.18 Å². The van der Waals surface area contributed by atoms with E-state index in [1.165, 1.54) is 12.1 Å². The van der Waals surface area contributed by atoms with Gasteiger partial charge in [0.15, 0.2) is 0 Å². The quantitative estimate of drug-likeness (QED) is 0.833. The van der Waals surface area contributed by atoms with E-state index in [-0.39, 0.29) is 16.2 Å². The van der Waals surface area contributed by atoms with Gasteiger partial charge in [0.25, 0.3) is 5.24 Å². The lowest BCUT2D eigenvalue weighted by Gasteiger charge is -2.06. The number of halogens is 1. The van der Waals surface area contributed by atoms with Gasteiger partial charge in [0, 0.05) is 18.2 Å². The van der Waals surface area contributed by atoms with Crippen molar-refractivity contribution in [1.29, 1.82) is 0 Å². The summed E-state index contributed by atoms with van der Waals surface area (Å²) < 4.78 is 12.6. The summed E-state index contributed by atoms with van der Waals surface area (Å²) >= 11 is 0.688. The van der Waals surface area contributed by atoms with Crippen LogP contribution in [0, 0.1) is 5.82 Å². The molecule has 1 saturated heterocycles. The third-order valence-electron chi connectivity index (χ3n) is 2.12. The first kappa shape index (κ1) is 10.2. The van der Waals surface area contributed by atoms with E-state index in [4.69, 9.17) is 0 Å². The van der Waals surface area contributed by atoms with Gasteiger partial charge in [-0.15, -0.1) is 0 Å². The van der Waals surface area contributed by atoms with Gasteiger partial charge in [-0.1, -0.05) is 12.1 Å². The second-order valence-corrected chi connectivity index (χ2v) is 4.21. The summed E-state index contributed by atoms with van der Waals surface area (Å²) in [6.45, 7) is 0. The van der Waals surface area contributed by atoms with E-state index in [1.807, 2.05) is 0 Å². The van der Waals surface area contributed by atoms with Crippen molar-refractivity contribution in [1.82, 2.24) is 5.32 Å². The zero-order valence-corrected chi connectivity index (χ0v) is 8.51. The van der Waals surface area contributed by atoms with Crippen LogP contribution in [-0.2, 0) is 11.2 Å². The van der Waals surface area contributed by atoms with Crippen molar-refractivity contribution in [3.8, 4) is 0 Å². The van der Waals surface area contributed by atoms with Crippen LogP contribution in [0.2, 0.25) is 0 Å². The smallest absolute Gasteiger partial charge is 0.287 e. The van der Waals surface area contributed by atoms with Gasteiger partial charge in [-0.2, -0.15) is 0 Å². The molecule has 1 heterocycles. The van der Waals surface area contributed by atoms with Crippen molar-refractivity contribution < 1.29 is 14.0 Å². The fourth-order valence-corrected chi connectivity index (χ4v) is 2.05. The first-order chi connectivity index (χ1) is 7.15. The largest absolute Gasteiger partial charge is 0.335 e. The minimum atomic E-state index is -0.479. The number of thioether (sulfide) groups is 1. The SMILES string of the molecule is O=C1N[C@H](Cc2ccc(F)cc2)C(=O)S1. The van der Waals surface area contributed by atoms with Crippen LogP contribution < -0.4 is 5.32 Å². The van der Waals surface area contributed by atoms with E-state index < -0.39 is 6.04 Å². The molecule has 1 aliphatic heterocycles. The summed E-state index contributed by atoms with van der Waals surface area (Å²) in [6, 6.07) is 5.41. The van der Waals surface area contributed by atoms with E-state index in [0.717, 1.165) is 5.56 Å². The Labute approximate surface area is 90.0 Å². The molecule has 0 spiro atoms. The molecule has 0 bridgehead atoms. The second-order valence-electron chi connectivity index (χ2n) is 3.24. The van der Waals surface area contributed by atoms with Crippen molar-refractivity contribution in [2.75, 3.05) is 0 Å². The highest BCUT2D eigenvalue weighted by Gasteiger charge is 2.30. The zero-order chi connectivity index (χ0) is 10.8. The maximum atomic E-state index is 12.6. The number of hydrogen-bond donors (Lipinski definition) is 1. The molecule has 1 aromatic rings. The second kappa shape index (κ2) is 4.02. The Morgan fingerprint density at radius 2 is 1.93 bits per heavy atom. The zero-order valence-electron chi connectivity index (χ0n) is 7.70. The van der Waals surface area contributed by atoms with E-state index in [2.05, 4.69) is 5.32 Å². The van der Waals surface area contributed by atoms with Gasteiger partial charge in [0.2, 0.25) is 5.12 Å². The lowest BCUT2D eigenvalue weighted by Crippen LogP contribution is -2.30. The predicted molar refractivity (Wildman–Crippen MR) is 55.0 cm³/mol. The van der Waals surface area contributed by atoms with Gasteiger partial charge in [-0.3, -0.25) is 9.59 Å². The van der Waals surface area contributed by atoms with Gasteiger partial charge in [-0.05, 0) is 17.7 Å². The first-order valence-corrected chi connectivity index (χ1v) is 5.23. The molecule has 1 aliphatic rings. The molecule has 0 radical (unpaired) electrons. The first-order valence-electron chi connectivity index (χ1n) is 4.42. The highest BCUT2D eigenvalue weighted by Crippen LogP contribution is 2.18. The molecule has 0 aliphatic carbocycles. The van der Waals surface area contributed by atoms with Crippen molar-refractivity contribution in [3.05, 3.63) is 35.6 Å². The number of carbonyl (C=O) groups is 2. The minimum Gasteiger partial charge on any atom is -0.335 e. The molecule has 1 amide bonds. The van der Waals surface area contributed by atoms with Crippen molar-refractivity contribution in [3.63, 3.8) is 0 Å². The molecule has 0 unspecified atom stereocenters. The fourth-order valence-electron chi connectivity index (χ4n) is 1.38. The van der Waals surface area contributed by atoms with Crippen LogP contribution in [0.1, 0.15) is 5.56 Å². The molecule has 1 N–H and O–H groups in total. The molecule has 5 heteroatoms. The molecule has 78 valence electrons. The Kier molecular flexibility index (Phi) is 2.73. The van der Waals surface area contributed by atoms with E-state index in [1.54, 1.807) is 12.1 Å². The van der Waals surface area contributed by atoms with Gasteiger partial charge in [0.1, 0.15) is 11.9 Å². The van der Waals surface area contributed by atoms with Crippen LogP contribution >= 0.6 is 11.8 Å². The van der Waals surface area contributed by atoms with Crippen molar-refractivity contribution in [2.24, 2.45) is 0 Å². The molecule has 3 nitrogen and oxygen atoms in total. The lowest BCUT2D eigenvalue weighted by atomic mass is 10.1. The maximum Gasteiger partial charge on any atom is 0.287 e. The molecule has 0 saturated carbocycles. The molecule has 1 aromatic carbocycles. The Hall–Kier alpha value is -1.36. The lowest BCUT2D eigenvalue weighted by molar-refractivity contribution is -0.112. The van der Waals surface area contributed by atoms with Gasteiger partial charge in [0.05, 0.1) is 0 Å². The predicted octanol–water partition coefficient (Wildman–Crippen LogP) is 1.72. The fraction of sp³-hybridized carbons (Fsp3) is 0.200. The standard InChI is InChI=1S/C10H8FNO2S/c11-7-3-1-6(2-4-7)5-8-9(13)15-10(14)12-8/h1-4,8H,5H2,(H,12,14)/t8-/m1/s1. The van der Waals surface area contributed by atoms with Crippen LogP contribution in [-0.4, -0.2) is 16.4 Å². The highest BCUT2D eigenvalue weighted by atomic mass is 32.2. The molecule has 1 atom stereocenters. The summed E-state index contributed by atoms with van der Waals surface area (Å²) in [5.41, 5.74) is 0.831. The molecule has 2 rings (SSSR count). The Balaban J connectivity index is 2.06. The van der Waals surface area contributed by atoms with E-state index >= 15 is 0 Å². The summed E-state index contributed by atoms with van der Waals surface area (Å²) in [7, 11) is 0. The maximum absolute atomic E-state index is 12.6. The third-order valence-corrected chi connectivity index (χ3v) is 2.91. The summed E-state index contributed by atoms with van der Waals surface area (Å²) in [5.74, 6) is -0.310. The minimum absolute atomic E-state index is 0.177. The summed E-state index contributed by atoms with van der Waals surface area (Å²) in [5, 5.41) is 2.06. The summed E-state index contributed by atoms with van der Waals surface area (Å²) in [6.07, 6.45) is 0.415. The van der Waals surface area contributed by atoms with Gasteiger partial charge in [-0.25, -0.2) is 4.39 Å². The van der Waals surface area contributed by atoms with E-state index in [9.17, 15) is 14.0 Å². The monoisotopic (exact) mass is 225 g/mol. The molecular weight excluding hydrogens is 217 g/mol. The number of rotatable bonds is 2. The number of amides is 1. The van der Waals surface area contributed by atoms with Crippen LogP contribution in [0.15, 0.2) is 24.3 Å². The van der Waals surface area contributed by atoms with Crippen LogP contribution in [0.5, 0.6) is 0 Å². The van der Waals surface area contributed by atoms with Crippen LogP contribution in [0.25, 0.3) is 0 Å². The summed E-state index contributed by atoms with van der Waals surface area (Å²) in [4.78, 5) is 22.1. The third kappa shape index (κ3) is 2.36. The molecular formula is C10H8FNO2S. The Morgan fingerprint density at radius 3 is 2.47 bits per heavy atom. The average molecular weight is 225 g/mol. The van der Waals surface area contributed by atoms with Crippen molar-refractivity contribution in [2.45, 2.75) is 12.5 Å². The normalized spacial score (nSPS) is 20.5. The Bertz CT molecular complexity index is 404. The highest BCUT2D eigenvalue weighted by molar-refractivity contribution is 8.26. The van der Waals surface area contributed by atoms with Crippen molar-refractivity contribution >= 4 is 22.1 Å².